The van der Waals surface area contributed by atoms with E-state index in [1.54, 1.807) is 24.3 Å². The molecule has 0 amide bonds. The Morgan fingerprint density at radius 2 is 1.83 bits per heavy atom. The van der Waals surface area contributed by atoms with Gasteiger partial charge in [0.05, 0.1) is 6.10 Å². The van der Waals surface area contributed by atoms with Crippen molar-refractivity contribution in [2.45, 2.75) is 45.0 Å². The van der Waals surface area contributed by atoms with Crippen LogP contribution in [0.15, 0.2) is 24.3 Å². The highest BCUT2D eigenvalue weighted by molar-refractivity contribution is 5.35. The lowest BCUT2D eigenvalue weighted by atomic mass is 10.0. The monoisotopic (exact) mass is 261 g/mol. The van der Waals surface area contributed by atoms with Crippen molar-refractivity contribution in [1.29, 1.82) is 0 Å². The molecule has 0 spiro atoms. The average Bonchev–Trinajstić information content (AvgIpc) is 2.25. The van der Waals surface area contributed by atoms with Crippen LogP contribution < -0.4 is 10.5 Å². The SMILES string of the molecule is CC(C)Oc1ccccc1[C@@H](N)CCC(F)(F)F. The largest absolute Gasteiger partial charge is 0.491 e. The summed E-state index contributed by atoms with van der Waals surface area (Å²) in [5.41, 5.74) is 6.42. The van der Waals surface area contributed by atoms with E-state index in [2.05, 4.69) is 0 Å². The van der Waals surface area contributed by atoms with E-state index in [1.807, 2.05) is 13.8 Å². The molecule has 102 valence electrons. The van der Waals surface area contributed by atoms with Gasteiger partial charge in [-0.15, -0.1) is 0 Å². The molecule has 0 radical (unpaired) electrons. The second-order valence-electron chi connectivity index (χ2n) is 4.46. The second kappa shape index (κ2) is 6.09. The van der Waals surface area contributed by atoms with E-state index in [1.165, 1.54) is 0 Å². The molecule has 0 fully saturated rings. The van der Waals surface area contributed by atoms with Crippen LogP contribution in [0.4, 0.5) is 13.2 Å². The summed E-state index contributed by atoms with van der Waals surface area (Å²) in [5, 5.41) is 0. The molecule has 1 aromatic carbocycles. The highest BCUT2D eigenvalue weighted by Crippen LogP contribution is 2.30. The van der Waals surface area contributed by atoms with Crippen LogP contribution in [0.3, 0.4) is 0 Å². The van der Waals surface area contributed by atoms with Gasteiger partial charge in [-0.05, 0) is 26.3 Å². The van der Waals surface area contributed by atoms with Gasteiger partial charge in [0.1, 0.15) is 5.75 Å². The zero-order valence-corrected chi connectivity index (χ0v) is 10.5. The molecule has 0 heterocycles. The number of ether oxygens (including phenoxy) is 1. The number of para-hydroxylation sites is 1. The lowest BCUT2D eigenvalue weighted by Crippen LogP contribution is -2.17. The van der Waals surface area contributed by atoms with Gasteiger partial charge in [0.15, 0.2) is 0 Å². The van der Waals surface area contributed by atoms with Crippen LogP contribution in [0.1, 0.15) is 38.3 Å². The molecule has 0 aliphatic heterocycles. The van der Waals surface area contributed by atoms with Crippen molar-refractivity contribution in [2.75, 3.05) is 0 Å². The zero-order valence-electron chi connectivity index (χ0n) is 10.5. The van der Waals surface area contributed by atoms with Gasteiger partial charge in [-0.25, -0.2) is 0 Å². The van der Waals surface area contributed by atoms with E-state index in [0.717, 1.165) is 0 Å². The lowest BCUT2D eigenvalue weighted by molar-refractivity contribution is -0.136. The van der Waals surface area contributed by atoms with Gasteiger partial charge in [-0.3, -0.25) is 0 Å². The molecule has 0 bridgehead atoms. The van der Waals surface area contributed by atoms with Crippen molar-refractivity contribution in [3.8, 4) is 5.75 Å². The molecule has 1 aromatic rings. The molecule has 18 heavy (non-hydrogen) atoms. The summed E-state index contributed by atoms with van der Waals surface area (Å²) in [6, 6.07) is 6.29. The first kappa shape index (κ1) is 14.8. The Hall–Kier alpha value is -1.23. The average molecular weight is 261 g/mol. The van der Waals surface area contributed by atoms with E-state index in [-0.39, 0.29) is 12.5 Å². The molecule has 0 unspecified atom stereocenters. The van der Waals surface area contributed by atoms with Crippen molar-refractivity contribution in [2.24, 2.45) is 5.73 Å². The standard InChI is InChI=1S/C13H18F3NO/c1-9(2)18-12-6-4-3-5-10(12)11(17)7-8-13(14,15)16/h3-6,9,11H,7-8,17H2,1-2H3/t11-/m0/s1. The first-order valence-corrected chi connectivity index (χ1v) is 5.87. The van der Waals surface area contributed by atoms with Gasteiger partial charge in [-0.2, -0.15) is 13.2 Å². The van der Waals surface area contributed by atoms with Gasteiger partial charge >= 0.3 is 6.18 Å². The Labute approximate surface area is 105 Å². The third kappa shape index (κ3) is 4.96. The summed E-state index contributed by atoms with van der Waals surface area (Å²) in [6.07, 6.45) is -5.24. The Balaban J connectivity index is 2.75. The zero-order chi connectivity index (χ0) is 13.8. The van der Waals surface area contributed by atoms with E-state index < -0.39 is 18.6 Å². The van der Waals surface area contributed by atoms with Crippen LogP contribution in [-0.2, 0) is 0 Å². The van der Waals surface area contributed by atoms with Gasteiger partial charge in [0.25, 0.3) is 0 Å². The van der Waals surface area contributed by atoms with Crippen molar-refractivity contribution < 1.29 is 17.9 Å². The quantitative estimate of drug-likeness (QED) is 0.874. The summed E-state index contributed by atoms with van der Waals surface area (Å²) in [6.45, 7) is 3.72. The van der Waals surface area contributed by atoms with Crippen LogP contribution in [0.25, 0.3) is 0 Å². The normalized spacial score (nSPS) is 13.7. The van der Waals surface area contributed by atoms with Crippen molar-refractivity contribution in [3.05, 3.63) is 29.8 Å². The van der Waals surface area contributed by atoms with E-state index in [4.69, 9.17) is 10.5 Å². The Morgan fingerprint density at radius 3 is 2.39 bits per heavy atom. The van der Waals surface area contributed by atoms with Crippen LogP contribution in [0.5, 0.6) is 5.75 Å². The number of hydrogen-bond acceptors (Lipinski definition) is 2. The molecule has 0 aliphatic carbocycles. The molecular formula is C13H18F3NO. The van der Waals surface area contributed by atoms with Crippen molar-refractivity contribution in [1.82, 2.24) is 0 Å². The van der Waals surface area contributed by atoms with Crippen molar-refractivity contribution >= 4 is 0 Å². The number of rotatable bonds is 5. The maximum absolute atomic E-state index is 12.2. The first-order valence-electron chi connectivity index (χ1n) is 5.87. The fraction of sp³-hybridized carbons (Fsp3) is 0.538. The predicted octanol–water partition coefficient (Wildman–Crippen LogP) is 3.82. The number of hydrogen-bond donors (Lipinski definition) is 1. The predicted molar refractivity (Wildman–Crippen MR) is 64.4 cm³/mol. The fourth-order valence-electron chi connectivity index (χ4n) is 1.62. The number of alkyl halides is 3. The Bertz CT molecular complexity index is 377. The number of nitrogens with two attached hydrogens (primary N) is 1. The Kier molecular flexibility index (Phi) is 5.02. The summed E-state index contributed by atoms with van der Waals surface area (Å²) < 4.78 is 42.0. The van der Waals surface area contributed by atoms with Gasteiger partial charge in [0, 0.05) is 18.0 Å². The summed E-state index contributed by atoms with van der Waals surface area (Å²) >= 11 is 0. The Morgan fingerprint density at radius 1 is 1.22 bits per heavy atom. The first-order chi connectivity index (χ1) is 8.29. The highest BCUT2D eigenvalue weighted by Gasteiger charge is 2.28. The fourth-order valence-corrected chi connectivity index (χ4v) is 1.62. The third-order valence-electron chi connectivity index (χ3n) is 2.42. The van der Waals surface area contributed by atoms with E-state index in [0.29, 0.717) is 11.3 Å². The minimum Gasteiger partial charge on any atom is -0.491 e. The maximum Gasteiger partial charge on any atom is 0.389 e. The number of benzene rings is 1. The minimum absolute atomic E-state index is 0.0408. The van der Waals surface area contributed by atoms with E-state index >= 15 is 0 Å². The molecule has 0 saturated carbocycles. The van der Waals surface area contributed by atoms with Crippen LogP contribution in [0.2, 0.25) is 0 Å². The third-order valence-corrected chi connectivity index (χ3v) is 2.42. The molecule has 1 atom stereocenters. The molecule has 2 N–H and O–H groups in total. The van der Waals surface area contributed by atoms with Crippen LogP contribution >= 0.6 is 0 Å². The summed E-state index contributed by atoms with van der Waals surface area (Å²) in [7, 11) is 0. The smallest absolute Gasteiger partial charge is 0.389 e. The van der Waals surface area contributed by atoms with Gasteiger partial charge < -0.3 is 10.5 Å². The highest BCUT2D eigenvalue weighted by atomic mass is 19.4. The number of halogens is 3. The van der Waals surface area contributed by atoms with E-state index in [9.17, 15) is 13.2 Å². The molecule has 5 heteroatoms. The maximum atomic E-state index is 12.2. The van der Waals surface area contributed by atoms with Gasteiger partial charge in [-0.1, -0.05) is 18.2 Å². The molecular weight excluding hydrogens is 243 g/mol. The van der Waals surface area contributed by atoms with Crippen molar-refractivity contribution in [3.63, 3.8) is 0 Å². The minimum atomic E-state index is -4.18. The van der Waals surface area contributed by atoms with Crippen LogP contribution in [-0.4, -0.2) is 12.3 Å². The molecule has 0 aromatic heterocycles. The van der Waals surface area contributed by atoms with Gasteiger partial charge in [0.2, 0.25) is 0 Å². The lowest BCUT2D eigenvalue weighted by Gasteiger charge is -2.19. The molecule has 1 rings (SSSR count). The topological polar surface area (TPSA) is 35.2 Å². The summed E-state index contributed by atoms with van der Waals surface area (Å²) in [5.74, 6) is 0.558. The second-order valence-corrected chi connectivity index (χ2v) is 4.46. The van der Waals surface area contributed by atoms with Crippen LogP contribution in [0, 0.1) is 0 Å². The summed E-state index contributed by atoms with van der Waals surface area (Å²) in [4.78, 5) is 0. The molecule has 0 saturated heterocycles. The molecule has 2 nitrogen and oxygen atoms in total. The molecule has 0 aliphatic rings.